The van der Waals surface area contributed by atoms with Gasteiger partial charge in [0.2, 0.25) is 0 Å². The molecule has 1 aliphatic rings. The van der Waals surface area contributed by atoms with E-state index in [1.54, 1.807) is 13.0 Å². The van der Waals surface area contributed by atoms with Gasteiger partial charge in [-0.05, 0) is 25.8 Å². The topological polar surface area (TPSA) is 105 Å². The monoisotopic (exact) mass is 385 g/mol. The zero-order valence-corrected chi connectivity index (χ0v) is 16.2. The molecule has 0 saturated carbocycles. The van der Waals surface area contributed by atoms with Crippen LogP contribution in [0.3, 0.4) is 0 Å². The summed E-state index contributed by atoms with van der Waals surface area (Å²) in [7, 11) is -3.70. The number of carbonyl (C=O) groups is 1. The Hall–Kier alpha value is -0.670. The Labute approximate surface area is 150 Å². The highest BCUT2D eigenvalue weighted by Crippen LogP contribution is 2.26. The molecule has 0 fully saturated rings. The average molecular weight is 386 g/mol. The van der Waals surface area contributed by atoms with Crippen LogP contribution in [0.25, 0.3) is 0 Å². The molecule has 1 rings (SSSR count). The van der Waals surface area contributed by atoms with E-state index in [4.69, 9.17) is 19.4 Å². The molecule has 142 valence electrons. The van der Waals surface area contributed by atoms with Crippen molar-refractivity contribution in [3.8, 4) is 0 Å². The third-order valence-corrected chi connectivity index (χ3v) is 4.29. The maximum absolute atomic E-state index is 12.0. The Kier molecular flexibility index (Phi) is 10.1. The van der Waals surface area contributed by atoms with Crippen molar-refractivity contribution in [2.24, 2.45) is 5.73 Å². The first-order valence-corrected chi connectivity index (χ1v) is 9.70. The van der Waals surface area contributed by atoms with Crippen molar-refractivity contribution < 1.29 is 26.9 Å². The summed E-state index contributed by atoms with van der Waals surface area (Å²) in [5, 5.41) is 0. The molecule has 1 aliphatic carbocycles. The molecule has 0 saturated heterocycles. The Morgan fingerprint density at radius 3 is 2.38 bits per heavy atom. The van der Waals surface area contributed by atoms with Gasteiger partial charge in [0.1, 0.15) is 0 Å². The fourth-order valence-electron chi connectivity index (χ4n) is 2.47. The molecule has 0 radical (unpaired) electrons. The van der Waals surface area contributed by atoms with Crippen LogP contribution >= 0.6 is 12.4 Å². The van der Waals surface area contributed by atoms with Gasteiger partial charge in [-0.3, -0.25) is 4.18 Å². The second-order valence-electron chi connectivity index (χ2n) is 5.57. The van der Waals surface area contributed by atoms with Gasteiger partial charge in [-0.25, -0.2) is 4.79 Å². The van der Waals surface area contributed by atoms with E-state index in [9.17, 15) is 13.2 Å². The highest BCUT2D eigenvalue weighted by atomic mass is 35.5. The number of carbonyl (C=O) groups excluding carboxylic acids is 1. The number of nitrogens with two attached hydrogens (primary N) is 1. The maximum atomic E-state index is 12.0. The minimum Gasteiger partial charge on any atom is -0.463 e. The zero-order chi connectivity index (χ0) is 17.6. The van der Waals surface area contributed by atoms with Crippen LogP contribution in [0.5, 0.6) is 0 Å². The Morgan fingerprint density at radius 1 is 1.33 bits per heavy atom. The fourth-order valence-corrected chi connectivity index (χ4v) is 3.12. The summed E-state index contributed by atoms with van der Waals surface area (Å²) in [6, 6.07) is -0.677. The standard InChI is InChI=1S/C15H27NO6S.ClH/c1-5-11(6-2)21-12-8-10(15(17)20-7-3)9-13(14(12)16)22-23(4,18)19;/h8,11-14H,5-7,9,16H2,1-4H3;1H/t12-,13+,14+;/m1./s1. The van der Waals surface area contributed by atoms with E-state index in [0.29, 0.717) is 5.57 Å². The highest BCUT2D eigenvalue weighted by molar-refractivity contribution is 7.86. The first kappa shape index (κ1) is 23.3. The van der Waals surface area contributed by atoms with Crippen molar-refractivity contribution in [1.82, 2.24) is 0 Å². The first-order chi connectivity index (χ1) is 10.7. The maximum Gasteiger partial charge on any atom is 0.333 e. The lowest BCUT2D eigenvalue weighted by Gasteiger charge is -2.35. The van der Waals surface area contributed by atoms with Gasteiger partial charge >= 0.3 is 5.97 Å². The average Bonchev–Trinajstić information content (AvgIpc) is 2.46. The lowest BCUT2D eigenvalue weighted by molar-refractivity contribution is -0.139. The van der Waals surface area contributed by atoms with Gasteiger partial charge in [0.25, 0.3) is 10.1 Å². The fraction of sp³-hybridized carbons (Fsp3) is 0.800. The summed E-state index contributed by atoms with van der Waals surface area (Å²) < 4.78 is 38.8. The molecule has 2 N–H and O–H groups in total. The summed E-state index contributed by atoms with van der Waals surface area (Å²) in [5.74, 6) is -0.500. The highest BCUT2D eigenvalue weighted by Gasteiger charge is 2.37. The van der Waals surface area contributed by atoms with E-state index in [1.807, 2.05) is 13.8 Å². The molecule has 0 heterocycles. The molecule has 7 nitrogen and oxygen atoms in total. The zero-order valence-electron chi connectivity index (χ0n) is 14.6. The van der Waals surface area contributed by atoms with Gasteiger partial charge in [-0.1, -0.05) is 13.8 Å². The number of ether oxygens (including phenoxy) is 2. The smallest absolute Gasteiger partial charge is 0.333 e. The van der Waals surface area contributed by atoms with Crippen LogP contribution in [-0.2, 0) is 28.6 Å². The summed E-state index contributed by atoms with van der Waals surface area (Å²) in [6.45, 7) is 5.92. The molecule has 0 amide bonds. The van der Waals surface area contributed by atoms with Crippen LogP contribution in [-0.4, -0.2) is 51.6 Å². The Bertz CT molecular complexity index is 532. The molecule has 0 aliphatic heterocycles. The lowest BCUT2D eigenvalue weighted by atomic mass is 9.90. The second-order valence-corrected chi connectivity index (χ2v) is 7.17. The number of hydrogen-bond donors (Lipinski definition) is 1. The molecule has 24 heavy (non-hydrogen) atoms. The number of hydrogen-bond acceptors (Lipinski definition) is 7. The van der Waals surface area contributed by atoms with Crippen LogP contribution < -0.4 is 5.73 Å². The van der Waals surface area contributed by atoms with Crippen molar-refractivity contribution in [1.29, 1.82) is 0 Å². The van der Waals surface area contributed by atoms with Gasteiger partial charge in [0, 0.05) is 12.0 Å². The van der Waals surface area contributed by atoms with Crippen molar-refractivity contribution >= 4 is 28.5 Å². The Balaban J connectivity index is 0.00000529. The van der Waals surface area contributed by atoms with E-state index in [1.165, 1.54) is 0 Å². The van der Waals surface area contributed by atoms with E-state index in [0.717, 1.165) is 19.1 Å². The number of rotatable bonds is 8. The molecule has 0 bridgehead atoms. The molecule has 0 aromatic rings. The summed E-state index contributed by atoms with van der Waals surface area (Å²) in [5.41, 5.74) is 6.44. The summed E-state index contributed by atoms with van der Waals surface area (Å²) >= 11 is 0. The number of esters is 1. The minimum absolute atomic E-state index is 0. The molecule has 9 heteroatoms. The predicted molar refractivity (Wildman–Crippen MR) is 93.5 cm³/mol. The quantitative estimate of drug-likeness (QED) is 0.499. The molecular weight excluding hydrogens is 358 g/mol. The van der Waals surface area contributed by atoms with E-state index >= 15 is 0 Å². The third-order valence-electron chi connectivity index (χ3n) is 3.69. The molecule has 0 unspecified atom stereocenters. The van der Waals surface area contributed by atoms with Gasteiger partial charge in [-0.15, -0.1) is 12.4 Å². The third kappa shape index (κ3) is 7.06. The largest absolute Gasteiger partial charge is 0.463 e. The van der Waals surface area contributed by atoms with Crippen molar-refractivity contribution in [3.05, 3.63) is 11.6 Å². The molecule has 3 atom stereocenters. The van der Waals surface area contributed by atoms with E-state index in [-0.39, 0.29) is 31.5 Å². The normalized spacial score (nSPS) is 24.2. The van der Waals surface area contributed by atoms with E-state index in [2.05, 4.69) is 0 Å². The molecule has 0 spiro atoms. The van der Waals surface area contributed by atoms with Gasteiger partial charge in [0.05, 0.1) is 37.2 Å². The van der Waals surface area contributed by atoms with Crippen molar-refractivity contribution in [3.63, 3.8) is 0 Å². The first-order valence-electron chi connectivity index (χ1n) is 7.88. The van der Waals surface area contributed by atoms with E-state index < -0.39 is 34.3 Å². The van der Waals surface area contributed by atoms with Gasteiger partial charge in [0.15, 0.2) is 0 Å². The predicted octanol–water partition coefficient (Wildman–Crippen LogP) is 1.55. The molecule has 0 aromatic heterocycles. The number of halogens is 1. The molecular formula is C15H28ClNO6S. The van der Waals surface area contributed by atoms with Crippen LogP contribution in [0.4, 0.5) is 0 Å². The SMILES string of the molecule is CCOC(=O)C1=C[C@@H](OC(CC)CC)[C@H](N)[C@@H](OS(C)(=O)=O)C1.Cl. The second kappa shape index (κ2) is 10.4. The summed E-state index contributed by atoms with van der Waals surface area (Å²) in [6.07, 6.45) is 2.77. The lowest BCUT2D eigenvalue weighted by Crippen LogP contribution is -2.51. The summed E-state index contributed by atoms with van der Waals surface area (Å²) in [4.78, 5) is 12.0. The van der Waals surface area contributed by atoms with Crippen molar-refractivity contribution in [2.75, 3.05) is 12.9 Å². The Morgan fingerprint density at radius 2 is 1.92 bits per heavy atom. The van der Waals surface area contributed by atoms with Gasteiger partial charge in [-0.2, -0.15) is 8.42 Å². The van der Waals surface area contributed by atoms with Gasteiger partial charge < -0.3 is 15.2 Å². The van der Waals surface area contributed by atoms with Crippen LogP contribution in [0.15, 0.2) is 11.6 Å². The van der Waals surface area contributed by atoms with Crippen LogP contribution in [0.1, 0.15) is 40.0 Å². The van der Waals surface area contributed by atoms with Crippen LogP contribution in [0, 0.1) is 0 Å². The van der Waals surface area contributed by atoms with Crippen molar-refractivity contribution in [2.45, 2.75) is 64.4 Å². The van der Waals surface area contributed by atoms with Crippen LogP contribution in [0.2, 0.25) is 0 Å². The minimum atomic E-state index is -3.70. The molecule has 0 aromatic carbocycles.